The molecule has 8 heteroatoms. The van der Waals surface area contributed by atoms with Crippen molar-refractivity contribution in [3.8, 4) is 0 Å². The molecule has 1 aromatic heterocycles. The van der Waals surface area contributed by atoms with Gasteiger partial charge in [-0.05, 0) is 68.9 Å². The Balaban J connectivity index is 1.58. The third kappa shape index (κ3) is 6.27. The van der Waals surface area contributed by atoms with Crippen molar-refractivity contribution < 1.29 is 9.18 Å². The van der Waals surface area contributed by atoms with E-state index in [1.54, 1.807) is 23.5 Å². The molecule has 1 aliphatic rings. The molecule has 2 unspecified atom stereocenters. The molecule has 1 aliphatic heterocycles. The first-order chi connectivity index (χ1) is 14.6. The number of amides is 1. The number of halogens is 1. The number of benzene rings is 1. The van der Waals surface area contributed by atoms with Crippen LogP contribution in [0.2, 0.25) is 0 Å². The second-order valence-electron chi connectivity index (χ2n) is 7.48. The van der Waals surface area contributed by atoms with Crippen LogP contribution in [0.15, 0.2) is 46.8 Å². The van der Waals surface area contributed by atoms with E-state index in [9.17, 15) is 9.18 Å². The number of hydrogen-bond acceptors (Lipinski definition) is 4. The largest absolute Gasteiger partial charge is 0.357 e. The Morgan fingerprint density at radius 1 is 1.30 bits per heavy atom. The molecule has 1 fully saturated rings. The van der Waals surface area contributed by atoms with Gasteiger partial charge in [0.2, 0.25) is 5.91 Å². The predicted molar refractivity (Wildman–Crippen MR) is 121 cm³/mol. The van der Waals surface area contributed by atoms with Gasteiger partial charge in [0.1, 0.15) is 12.4 Å². The van der Waals surface area contributed by atoms with Crippen LogP contribution in [-0.2, 0) is 4.79 Å². The Morgan fingerprint density at radius 3 is 2.90 bits per heavy atom. The van der Waals surface area contributed by atoms with Gasteiger partial charge in [-0.25, -0.2) is 9.38 Å². The molecule has 3 N–H and O–H groups in total. The highest BCUT2D eigenvalue weighted by Crippen LogP contribution is 2.36. The van der Waals surface area contributed by atoms with E-state index in [0.29, 0.717) is 30.2 Å². The normalized spacial score (nSPS) is 20.0. The quantitative estimate of drug-likeness (QED) is 0.464. The van der Waals surface area contributed by atoms with Crippen LogP contribution in [0, 0.1) is 11.7 Å². The highest BCUT2D eigenvalue weighted by molar-refractivity contribution is 7.10. The molecule has 2 heterocycles. The lowest BCUT2D eigenvalue weighted by atomic mass is 9.88. The lowest BCUT2D eigenvalue weighted by molar-refractivity contribution is -0.114. The van der Waals surface area contributed by atoms with Gasteiger partial charge in [0.25, 0.3) is 0 Å². The summed E-state index contributed by atoms with van der Waals surface area (Å²) in [5, 5.41) is 11.4. The molecule has 2 aromatic rings. The van der Waals surface area contributed by atoms with Gasteiger partial charge in [0, 0.05) is 29.7 Å². The number of guanidine groups is 1. The van der Waals surface area contributed by atoms with E-state index in [2.05, 4.69) is 50.4 Å². The average molecular weight is 432 g/mol. The molecule has 3 rings (SSSR count). The fourth-order valence-electron chi connectivity index (χ4n) is 3.87. The van der Waals surface area contributed by atoms with Crippen molar-refractivity contribution in [2.45, 2.75) is 25.8 Å². The van der Waals surface area contributed by atoms with Crippen molar-refractivity contribution in [1.29, 1.82) is 0 Å². The van der Waals surface area contributed by atoms with E-state index in [-0.39, 0.29) is 18.3 Å². The summed E-state index contributed by atoms with van der Waals surface area (Å²) in [4.78, 5) is 20.4. The number of nitrogens with one attached hydrogen (secondary N) is 3. The molecule has 0 radical (unpaired) electrons. The first kappa shape index (κ1) is 22.2. The molecule has 30 heavy (non-hydrogen) atoms. The summed E-state index contributed by atoms with van der Waals surface area (Å²) in [5.74, 6) is 0.410. The SMILES string of the molecule is CCNC(=NCC(=O)Nc1cccc(F)c1)NCC1CCCN(C)C1c1cccs1. The number of anilines is 1. The number of aliphatic imine (C=N–C) groups is 1. The molecule has 0 spiro atoms. The molecule has 1 saturated heterocycles. The molecule has 2 atom stereocenters. The first-order valence-corrected chi connectivity index (χ1v) is 11.3. The Bertz CT molecular complexity index is 842. The Labute approximate surface area is 181 Å². The van der Waals surface area contributed by atoms with Gasteiger partial charge < -0.3 is 16.0 Å². The highest BCUT2D eigenvalue weighted by Gasteiger charge is 2.31. The molecular weight excluding hydrogens is 401 g/mol. The molecule has 0 saturated carbocycles. The minimum atomic E-state index is -0.385. The monoisotopic (exact) mass is 431 g/mol. The third-order valence-electron chi connectivity index (χ3n) is 5.21. The maximum absolute atomic E-state index is 13.3. The number of carbonyl (C=O) groups excluding carboxylic acids is 1. The van der Waals surface area contributed by atoms with E-state index >= 15 is 0 Å². The lowest BCUT2D eigenvalue weighted by Crippen LogP contribution is -2.45. The summed E-state index contributed by atoms with van der Waals surface area (Å²) in [7, 11) is 2.19. The second-order valence-corrected chi connectivity index (χ2v) is 8.46. The molecular formula is C22H30FN5OS. The van der Waals surface area contributed by atoms with E-state index in [0.717, 1.165) is 19.5 Å². The molecule has 1 aromatic carbocycles. The van der Waals surface area contributed by atoms with E-state index in [1.807, 2.05) is 6.92 Å². The van der Waals surface area contributed by atoms with Crippen LogP contribution in [0.5, 0.6) is 0 Å². The molecule has 0 bridgehead atoms. The van der Waals surface area contributed by atoms with Gasteiger partial charge in [-0.3, -0.25) is 9.69 Å². The summed E-state index contributed by atoms with van der Waals surface area (Å²) in [6, 6.07) is 10.5. The zero-order chi connectivity index (χ0) is 21.3. The number of piperidine rings is 1. The van der Waals surface area contributed by atoms with Crippen molar-refractivity contribution in [2.75, 3.05) is 38.5 Å². The maximum atomic E-state index is 13.3. The van der Waals surface area contributed by atoms with Crippen molar-refractivity contribution >= 4 is 28.9 Å². The van der Waals surface area contributed by atoms with Crippen LogP contribution in [-0.4, -0.2) is 50.0 Å². The summed E-state index contributed by atoms with van der Waals surface area (Å²) < 4.78 is 13.3. The van der Waals surface area contributed by atoms with Crippen molar-refractivity contribution in [1.82, 2.24) is 15.5 Å². The van der Waals surface area contributed by atoms with Crippen molar-refractivity contribution in [3.05, 3.63) is 52.5 Å². The van der Waals surface area contributed by atoms with Gasteiger partial charge in [-0.2, -0.15) is 0 Å². The highest BCUT2D eigenvalue weighted by atomic mass is 32.1. The molecule has 162 valence electrons. The summed E-state index contributed by atoms with van der Waals surface area (Å²) >= 11 is 1.80. The summed E-state index contributed by atoms with van der Waals surface area (Å²) in [6.07, 6.45) is 2.33. The number of likely N-dealkylation sites (tertiary alicyclic amines) is 1. The van der Waals surface area contributed by atoms with Crippen LogP contribution in [0.1, 0.15) is 30.7 Å². The van der Waals surface area contributed by atoms with Crippen LogP contribution >= 0.6 is 11.3 Å². The van der Waals surface area contributed by atoms with Gasteiger partial charge in [0.15, 0.2) is 5.96 Å². The lowest BCUT2D eigenvalue weighted by Gasteiger charge is -2.39. The van der Waals surface area contributed by atoms with Crippen LogP contribution < -0.4 is 16.0 Å². The molecule has 6 nitrogen and oxygen atoms in total. The number of thiophene rings is 1. The molecule has 0 aliphatic carbocycles. The smallest absolute Gasteiger partial charge is 0.246 e. The van der Waals surface area contributed by atoms with E-state index in [1.165, 1.54) is 23.4 Å². The predicted octanol–water partition coefficient (Wildman–Crippen LogP) is 3.46. The Kier molecular flexibility index (Phi) is 8.21. The van der Waals surface area contributed by atoms with Gasteiger partial charge in [-0.1, -0.05) is 12.1 Å². The minimum absolute atomic E-state index is 0.0369. The first-order valence-electron chi connectivity index (χ1n) is 10.4. The Hall–Kier alpha value is -2.45. The van der Waals surface area contributed by atoms with Crippen LogP contribution in [0.3, 0.4) is 0 Å². The Morgan fingerprint density at radius 2 is 2.17 bits per heavy atom. The minimum Gasteiger partial charge on any atom is -0.357 e. The fourth-order valence-corrected chi connectivity index (χ4v) is 4.85. The zero-order valence-electron chi connectivity index (χ0n) is 17.5. The topological polar surface area (TPSA) is 68.8 Å². The van der Waals surface area contributed by atoms with Gasteiger partial charge in [0.05, 0.1) is 0 Å². The number of nitrogens with zero attached hydrogens (tertiary/aromatic N) is 2. The van der Waals surface area contributed by atoms with E-state index < -0.39 is 0 Å². The number of carbonyl (C=O) groups is 1. The van der Waals surface area contributed by atoms with Crippen molar-refractivity contribution in [3.63, 3.8) is 0 Å². The number of hydrogen-bond donors (Lipinski definition) is 3. The second kappa shape index (κ2) is 11.1. The fraction of sp³-hybridized carbons (Fsp3) is 0.455. The maximum Gasteiger partial charge on any atom is 0.246 e. The van der Waals surface area contributed by atoms with Crippen LogP contribution in [0.4, 0.5) is 10.1 Å². The van der Waals surface area contributed by atoms with Crippen LogP contribution in [0.25, 0.3) is 0 Å². The molecule has 1 amide bonds. The summed E-state index contributed by atoms with van der Waals surface area (Å²) in [5.41, 5.74) is 0.428. The zero-order valence-corrected chi connectivity index (χ0v) is 18.3. The standard InChI is InChI=1S/C22H30FN5OS/c1-3-24-22(26-15-20(29)27-18-9-4-8-17(23)13-18)25-14-16-7-5-11-28(2)21(16)19-10-6-12-30-19/h4,6,8-10,12-13,16,21H,3,5,7,11,14-15H2,1-2H3,(H,27,29)(H2,24,25,26). The summed E-state index contributed by atoms with van der Waals surface area (Å²) in [6.45, 7) is 4.55. The van der Waals surface area contributed by atoms with E-state index in [4.69, 9.17) is 0 Å². The van der Waals surface area contributed by atoms with Gasteiger partial charge >= 0.3 is 0 Å². The average Bonchev–Trinajstić information content (AvgIpc) is 3.24. The number of rotatable bonds is 7. The van der Waals surface area contributed by atoms with Crippen molar-refractivity contribution in [2.24, 2.45) is 10.9 Å². The van der Waals surface area contributed by atoms with Gasteiger partial charge in [-0.15, -0.1) is 11.3 Å². The third-order valence-corrected chi connectivity index (χ3v) is 6.15.